The van der Waals surface area contributed by atoms with Crippen molar-refractivity contribution in [3.05, 3.63) is 83.5 Å². The van der Waals surface area contributed by atoms with Crippen molar-refractivity contribution in [3.8, 4) is 0 Å². The van der Waals surface area contributed by atoms with E-state index < -0.39 is 0 Å². The molecule has 2 heterocycles. The molecule has 4 rings (SSSR count). The highest BCUT2D eigenvalue weighted by molar-refractivity contribution is 7.17. The molecule has 4 nitrogen and oxygen atoms in total. The third kappa shape index (κ3) is 2.94. The summed E-state index contributed by atoms with van der Waals surface area (Å²) in [5.74, 6) is -0.0799. The second-order valence-corrected chi connectivity index (χ2v) is 6.41. The first-order valence-corrected chi connectivity index (χ1v) is 8.51. The second-order valence-electron chi connectivity index (χ2n) is 5.50. The van der Waals surface area contributed by atoms with Gasteiger partial charge in [-0.3, -0.25) is 9.48 Å². The molecule has 0 unspecified atom stereocenters. The van der Waals surface area contributed by atoms with Crippen molar-refractivity contribution in [1.82, 2.24) is 9.78 Å². The smallest absolute Gasteiger partial charge is 0.257 e. The Labute approximate surface area is 143 Å². The molecule has 1 N–H and O–H groups in total. The van der Waals surface area contributed by atoms with E-state index in [1.54, 1.807) is 17.5 Å². The highest BCUT2D eigenvalue weighted by Crippen LogP contribution is 2.26. The molecule has 0 spiro atoms. The summed E-state index contributed by atoms with van der Waals surface area (Å²) in [4.78, 5) is 12.6. The average molecular weight is 333 g/mol. The number of fused-ring (bicyclic) bond motifs is 1. The number of nitrogens with zero attached hydrogens (tertiary/aromatic N) is 2. The molecule has 0 aliphatic carbocycles. The van der Waals surface area contributed by atoms with E-state index in [2.05, 4.69) is 10.4 Å². The van der Waals surface area contributed by atoms with Gasteiger partial charge < -0.3 is 5.32 Å². The van der Waals surface area contributed by atoms with Crippen molar-refractivity contribution < 1.29 is 4.79 Å². The molecule has 2 aromatic heterocycles. The number of aromatic nitrogens is 2. The minimum Gasteiger partial charge on any atom is -0.322 e. The van der Waals surface area contributed by atoms with Gasteiger partial charge in [0.05, 0.1) is 12.1 Å². The topological polar surface area (TPSA) is 46.9 Å². The molecule has 0 bridgehead atoms. The Morgan fingerprint density at radius 1 is 1.12 bits per heavy atom. The van der Waals surface area contributed by atoms with Crippen LogP contribution < -0.4 is 5.32 Å². The summed E-state index contributed by atoms with van der Waals surface area (Å²) in [5.41, 5.74) is 2.60. The molecule has 4 aromatic rings. The number of hydrogen-bond donors (Lipinski definition) is 1. The van der Waals surface area contributed by atoms with Crippen LogP contribution in [0.5, 0.6) is 0 Å². The monoisotopic (exact) mass is 333 g/mol. The Hall–Kier alpha value is -2.92. The van der Waals surface area contributed by atoms with Gasteiger partial charge in [0.1, 0.15) is 0 Å². The van der Waals surface area contributed by atoms with Crippen molar-refractivity contribution in [2.45, 2.75) is 6.54 Å². The fraction of sp³-hybridized carbons (Fsp3) is 0.0526. The summed E-state index contributed by atoms with van der Waals surface area (Å²) in [6.45, 7) is 0.679. The van der Waals surface area contributed by atoms with E-state index in [0.717, 1.165) is 21.3 Å². The Bertz CT molecular complexity index is 989. The zero-order valence-corrected chi connectivity index (χ0v) is 13.7. The van der Waals surface area contributed by atoms with Crippen LogP contribution >= 0.6 is 11.3 Å². The van der Waals surface area contributed by atoms with Crippen LogP contribution in [-0.4, -0.2) is 15.7 Å². The summed E-state index contributed by atoms with van der Waals surface area (Å²) < 4.78 is 2.97. The van der Waals surface area contributed by atoms with E-state index >= 15 is 0 Å². The molecule has 5 heteroatoms. The van der Waals surface area contributed by atoms with E-state index in [0.29, 0.717) is 12.1 Å². The number of hydrogen-bond acceptors (Lipinski definition) is 3. The van der Waals surface area contributed by atoms with Crippen molar-refractivity contribution in [3.63, 3.8) is 0 Å². The Kier molecular flexibility index (Phi) is 3.84. The average Bonchev–Trinajstić information content (AvgIpc) is 3.24. The highest BCUT2D eigenvalue weighted by Gasteiger charge is 2.12. The first-order chi connectivity index (χ1) is 11.8. The van der Waals surface area contributed by atoms with Gasteiger partial charge in [-0.1, -0.05) is 30.3 Å². The van der Waals surface area contributed by atoms with Crippen LogP contribution in [-0.2, 0) is 6.54 Å². The van der Waals surface area contributed by atoms with Gasteiger partial charge in [-0.05, 0) is 29.8 Å². The van der Waals surface area contributed by atoms with E-state index in [9.17, 15) is 4.79 Å². The fourth-order valence-corrected chi connectivity index (χ4v) is 3.62. The molecule has 0 aliphatic heterocycles. The van der Waals surface area contributed by atoms with Gasteiger partial charge >= 0.3 is 0 Å². The lowest BCUT2D eigenvalue weighted by Gasteiger charge is -2.07. The maximum Gasteiger partial charge on any atom is 0.257 e. The quantitative estimate of drug-likeness (QED) is 0.602. The molecule has 0 saturated heterocycles. The molecule has 0 fully saturated rings. The van der Waals surface area contributed by atoms with Gasteiger partial charge in [0.15, 0.2) is 0 Å². The minimum absolute atomic E-state index is 0.0799. The number of amides is 1. The van der Waals surface area contributed by atoms with Gasteiger partial charge in [0.2, 0.25) is 0 Å². The van der Waals surface area contributed by atoms with Gasteiger partial charge in [0.25, 0.3) is 5.91 Å². The van der Waals surface area contributed by atoms with Crippen molar-refractivity contribution in [1.29, 1.82) is 0 Å². The van der Waals surface area contributed by atoms with Gasteiger partial charge in [-0.25, -0.2) is 0 Å². The van der Waals surface area contributed by atoms with Gasteiger partial charge in [-0.15, -0.1) is 11.3 Å². The van der Waals surface area contributed by atoms with Crippen molar-refractivity contribution in [2.75, 3.05) is 5.32 Å². The number of rotatable bonds is 4. The standard InChI is InChI=1S/C19H15N3OS/c23-19(17-13-24-18-8-2-1-7-16(17)18)21-15-6-3-5-14(11-15)12-22-10-4-9-20-22/h1-11,13H,12H2,(H,21,23). The fourth-order valence-electron chi connectivity index (χ4n) is 2.68. The summed E-state index contributed by atoms with van der Waals surface area (Å²) >= 11 is 1.59. The summed E-state index contributed by atoms with van der Waals surface area (Å²) in [7, 11) is 0. The van der Waals surface area contributed by atoms with E-state index in [1.807, 2.05) is 70.9 Å². The molecule has 118 valence electrons. The van der Waals surface area contributed by atoms with Gasteiger partial charge in [-0.2, -0.15) is 5.10 Å². The van der Waals surface area contributed by atoms with E-state index in [4.69, 9.17) is 0 Å². The van der Waals surface area contributed by atoms with Crippen LogP contribution in [0, 0.1) is 0 Å². The normalized spacial score (nSPS) is 10.8. The summed E-state index contributed by atoms with van der Waals surface area (Å²) in [6.07, 6.45) is 3.68. The molecule has 0 saturated carbocycles. The number of carbonyl (C=O) groups excluding carboxylic acids is 1. The number of anilines is 1. The van der Waals surface area contributed by atoms with Crippen molar-refractivity contribution in [2.24, 2.45) is 0 Å². The van der Waals surface area contributed by atoms with Crippen LogP contribution in [0.25, 0.3) is 10.1 Å². The second kappa shape index (κ2) is 6.29. The van der Waals surface area contributed by atoms with Crippen molar-refractivity contribution >= 4 is 33.0 Å². The zero-order valence-electron chi connectivity index (χ0n) is 12.8. The van der Waals surface area contributed by atoms with E-state index in [-0.39, 0.29) is 5.91 Å². The molecule has 0 aliphatic rings. The van der Waals surface area contributed by atoms with Crippen LogP contribution in [0.3, 0.4) is 0 Å². The largest absolute Gasteiger partial charge is 0.322 e. The molecule has 0 radical (unpaired) electrons. The third-order valence-corrected chi connectivity index (χ3v) is 4.78. The van der Waals surface area contributed by atoms with Crippen LogP contribution in [0.1, 0.15) is 15.9 Å². The lowest BCUT2D eigenvalue weighted by molar-refractivity contribution is 0.102. The van der Waals surface area contributed by atoms with Crippen LogP contribution in [0.2, 0.25) is 0 Å². The maximum absolute atomic E-state index is 12.6. The third-order valence-electron chi connectivity index (χ3n) is 3.81. The van der Waals surface area contributed by atoms with Crippen LogP contribution in [0.15, 0.2) is 72.4 Å². The zero-order chi connectivity index (χ0) is 16.4. The SMILES string of the molecule is O=C(Nc1cccc(Cn2cccn2)c1)c1csc2ccccc12. The number of benzene rings is 2. The lowest BCUT2D eigenvalue weighted by atomic mass is 10.1. The lowest BCUT2D eigenvalue weighted by Crippen LogP contribution is -2.11. The predicted molar refractivity (Wildman–Crippen MR) is 97.5 cm³/mol. The first-order valence-electron chi connectivity index (χ1n) is 7.63. The molecule has 1 amide bonds. The summed E-state index contributed by atoms with van der Waals surface area (Å²) in [6, 6.07) is 17.7. The highest BCUT2D eigenvalue weighted by atomic mass is 32.1. The van der Waals surface area contributed by atoms with E-state index in [1.165, 1.54) is 0 Å². The molecular weight excluding hydrogens is 318 g/mol. The Balaban J connectivity index is 1.55. The first kappa shape index (κ1) is 14.7. The number of thiophene rings is 1. The minimum atomic E-state index is -0.0799. The Morgan fingerprint density at radius 2 is 2.04 bits per heavy atom. The molecule has 2 aromatic carbocycles. The maximum atomic E-state index is 12.6. The molecule has 0 atom stereocenters. The molecular formula is C19H15N3OS. The Morgan fingerprint density at radius 3 is 2.92 bits per heavy atom. The van der Waals surface area contributed by atoms with Gasteiger partial charge in [0, 0.05) is 33.5 Å². The number of nitrogens with one attached hydrogen (secondary N) is 1. The summed E-state index contributed by atoms with van der Waals surface area (Å²) in [5, 5.41) is 10.1. The van der Waals surface area contributed by atoms with Crippen LogP contribution in [0.4, 0.5) is 5.69 Å². The molecule has 24 heavy (non-hydrogen) atoms. The number of carbonyl (C=O) groups is 1. The predicted octanol–water partition coefficient (Wildman–Crippen LogP) is 4.40.